The molecule has 1 aromatic rings. The van der Waals surface area contributed by atoms with Crippen LogP contribution in [0.1, 0.15) is 26.3 Å². The molecule has 1 aromatic heterocycles. The van der Waals surface area contributed by atoms with Gasteiger partial charge in [0.25, 0.3) is 0 Å². The van der Waals surface area contributed by atoms with E-state index >= 15 is 0 Å². The van der Waals surface area contributed by atoms with Gasteiger partial charge in [0.1, 0.15) is 5.54 Å². The van der Waals surface area contributed by atoms with Gasteiger partial charge in [-0.3, -0.25) is 14.6 Å². The topological polar surface area (TPSA) is 71.1 Å². The number of hydrogen-bond acceptors (Lipinski definition) is 3. The molecule has 5 nitrogen and oxygen atoms in total. The van der Waals surface area contributed by atoms with E-state index in [9.17, 15) is 9.59 Å². The molecule has 1 rings (SSSR count). The van der Waals surface area contributed by atoms with Crippen LogP contribution in [-0.4, -0.2) is 28.9 Å². The molecule has 0 aliphatic rings. The monoisotopic (exact) mass is 249 g/mol. The molecule has 0 saturated carbocycles. The summed E-state index contributed by atoms with van der Waals surface area (Å²) < 4.78 is 0. The SMILES string of the molecule is CC(=O)NC(C)(C)C(=O)NCCc1cccnc1. The van der Waals surface area contributed by atoms with E-state index in [1.807, 2.05) is 12.1 Å². The highest BCUT2D eigenvalue weighted by Gasteiger charge is 2.27. The normalized spacial score (nSPS) is 10.8. The Morgan fingerprint density at radius 1 is 1.39 bits per heavy atom. The van der Waals surface area contributed by atoms with Crippen LogP contribution in [-0.2, 0) is 16.0 Å². The molecule has 0 atom stereocenters. The smallest absolute Gasteiger partial charge is 0.245 e. The van der Waals surface area contributed by atoms with Crippen molar-refractivity contribution in [3.05, 3.63) is 30.1 Å². The van der Waals surface area contributed by atoms with Crippen molar-refractivity contribution in [2.45, 2.75) is 32.7 Å². The fraction of sp³-hybridized carbons (Fsp3) is 0.462. The van der Waals surface area contributed by atoms with Gasteiger partial charge in [-0.05, 0) is 31.9 Å². The van der Waals surface area contributed by atoms with E-state index in [0.717, 1.165) is 12.0 Å². The number of pyridine rings is 1. The molecule has 0 aliphatic heterocycles. The molecule has 2 N–H and O–H groups in total. The molecular weight excluding hydrogens is 230 g/mol. The van der Waals surface area contributed by atoms with Crippen LogP contribution in [0.25, 0.3) is 0 Å². The summed E-state index contributed by atoms with van der Waals surface area (Å²) >= 11 is 0. The van der Waals surface area contributed by atoms with Crippen molar-refractivity contribution in [1.82, 2.24) is 15.6 Å². The fourth-order valence-corrected chi connectivity index (χ4v) is 1.58. The van der Waals surface area contributed by atoms with Gasteiger partial charge in [0.15, 0.2) is 0 Å². The van der Waals surface area contributed by atoms with Gasteiger partial charge in [0, 0.05) is 25.9 Å². The number of carbonyl (C=O) groups is 2. The minimum atomic E-state index is -0.888. The quantitative estimate of drug-likeness (QED) is 0.805. The lowest BCUT2D eigenvalue weighted by Gasteiger charge is -2.24. The Morgan fingerprint density at radius 2 is 2.11 bits per heavy atom. The zero-order valence-corrected chi connectivity index (χ0v) is 11.0. The van der Waals surface area contributed by atoms with Crippen LogP contribution in [0.4, 0.5) is 0 Å². The van der Waals surface area contributed by atoms with Crippen molar-refractivity contribution in [3.63, 3.8) is 0 Å². The zero-order chi connectivity index (χ0) is 13.6. The summed E-state index contributed by atoms with van der Waals surface area (Å²) in [7, 11) is 0. The molecule has 0 aliphatic carbocycles. The van der Waals surface area contributed by atoms with Crippen LogP contribution >= 0.6 is 0 Å². The highest BCUT2D eigenvalue weighted by Crippen LogP contribution is 2.02. The summed E-state index contributed by atoms with van der Waals surface area (Å²) in [5, 5.41) is 5.40. The van der Waals surface area contributed by atoms with E-state index in [2.05, 4.69) is 15.6 Å². The lowest BCUT2D eigenvalue weighted by Crippen LogP contribution is -2.54. The molecule has 0 aromatic carbocycles. The molecule has 5 heteroatoms. The number of amides is 2. The number of rotatable bonds is 5. The van der Waals surface area contributed by atoms with Gasteiger partial charge in [-0.15, -0.1) is 0 Å². The number of carbonyl (C=O) groups excluding carboxylic acids is 2. The van der Waals surface area contributed by atoms with Gasteiger partial charge in [0.2, 0.25) is 11.8 Å². The van der Waals surface area contributed by atoms with E-state index in [0.29, 0.717) is 6.54 Å². The molecule has 2 amide bonds. The Kier molecular flexibility index (Phi) is 4.83. The molecule has 98 valence electrons. The molecule has 0 unspecified atom stereocenters. The summed E-state index contributed by atoms with van der Waals surface area (Å²) in [6.45, 7) is 5.26. The van der Waals surface area contributed by atoms with Crippen LogP contribution in [0, 0.1) is 0 Å². The zero-order valence-electron chi connectivity index (χ0n) is 11.0. The first-order chi connectivity index (χ1) is 8.42. The van der Waals surface area contributed by atoms with Crippen LogP contribution in [0.2, 0.25) is 0 Å². The Labute approximate surface area is 107 Å². The molecular formula is C13H19N3O2. The third-order valence-electron chi connectivity index (χ3n) is 2.48. The highest BCUT2D eigenvalue weighted by atomic mass is 16.2. The predicted octanol–water partition coefficient (Wildman–Crippen LogP) is 0.655. The van der Waals surface area contributed by atoms with Crippen molar-refractivity contribution >= 4 is 11.8 Å². The maximum atomic E-state index is 11.8. The molecule has 0 radical (unpaired) electrons. The van der Waals surface area contributed by atoms with E-state index in [1.54, 1.807) is 26.2 Å². The van der Waals surface area contributed by atoms with Crippen LogP contribution < -0.4 is 10.6 Å². The first kappa shape index (κ1) is 14.2. The predicted molar refractivity (Wildman–Crippen MR) is 68.8 cm³/mol. The van der Waals surface area contributed by atoms with Crippen molar-refractivity contribution in [2.24, 2.45) is 0 Å². The Hall–Kier alpha value is -1.91. The summed E-state index contributed by atoms with van der Waals surface area (Å²) in [6, 6.07) is 3.82. The van der Waals surface area contributed by atoms with Crippen molar-refractivity contribution in [1.29, 1.82) is 0 Å². The number of aromatic nitrogens is 1. The second-order valence-corrected chi connectivity index (χ2v) is 4.67. The van der Waals surface area contributed by atoms with Gasteiger partial charge in [-0.1, -0.05) is 6.07 Å². The Balaban J connectivity index is 2.39. The van der Waals surface area contributed by atoms with Gasteiger partial charge in [0.05, 0.1) is 0 Å². The average Bonchev–Trinajstić information content (AvgIpc) is 2.28. The largest absolute Gasteiger partial charge is 0.354 e. The molecule has 0 bridgehead atoms. The van der Waals surface area contributed by atoms with Crippen molar-refractivity contribution < 1.29 is 9.59 Å². The standard InChI is InChI=1S/C13H19N3O2/c1-10(17)16-13(2,3)12(18)15-8-6-11-5-4-7-14-9-11/h4-5,7,9H,6,8H2,1-3H3,(H,15,18)(H,16,17). The molecule has 1 heterocycles. The minimum absolute atomic E-state index is 0.193. The number of nitrogens with one attached hydrogen (secondary N) is 2. The minimum Gasteiger partial charge on any atom is -0.354 e. The summed E-state index contributed by atoms with van der Waals surface area (Å²) in [6.07, 6.45) is 4.20. The van der Waals surface area contributed by atoms with Gasteiger partial charge in [-0.25, -0.2) is 0 Å². The van der Waals surface area contributed by atoms with E-state index < -0.39 is 5.54 Å². The second kappa shape index (κ2) is 6.14. The molecule has 0 spiro atoms. The third kappa shape index (κ3) is 4.53. The van der Waals surface area contributed by atoms with Crippen LogP contribution in [0.15, 0.2) is 24.5 Å². The lowest BCUT2D eigenvalue weighted by molar-refractivity contribution is -0.131. The molecule has 18 heavy (non-hydrogen) atoms. The van der Waals surface area contributed by atoms with E-state index in [-0.39, 0.29) is 11.8 Å². The van der Waals surface area contributed by atoms with E-state index in [1.165, 1.54) is 6.92 Å². The van der Waals surface area contributed by atoms with Gasteiger partial charge >= 0.3 is 0 Å². The van der Waals surface area contributed by atoms with Gasteiger partial charge < -0.3 is 10.6 Å². The second-order valence-electron chi connectivity index (χ2n) is 4.67. The average molecular weight is 249 g/mol. The summed E-state index contributed by atoms with van der Waals surface area (Å²) in [5.74, 6) is -0.413. The van der Waals surface area contributed by atoms with Gasteiger partial charge in [-0.2, -0.15) is 0 Å². The highest BCUT2D eigenvalue weighted by molar-refractivity contribution is 5.90. The lowest BCUT2D eigenvalue weighted by atomic mass is 10.0. The first-order valence-corrected chi connectivity index (χ1v) is 5.88. The third-order valence-corrected chi connectivity index (χ3v) is 2.48. The number of hydrogen-bond donors (Lipinski definition) is 2. The van der Waals surface area contributed by atoms with Crippen LogP contribution in [0.5, 0.6) is 0 Å². The molecule has 0 fully saturated rings. The summed E-state index contributed by atoms with van der Waals surface area (Å²) in [5.41, 5.74) is 0.177. The number of nitrogens with zero attached hydrogens (tertiary/aromatic N) is 1. The van der Waals surface area contributed by atoms with E-state index in [4.69, 9.17) is 0 Å². The van der Waals surface area contributed by atoms with Crippen molar-refractivity contribution in [3.8, 4) is 0 Å². The molecule has 0 saturated heterocycles. The maximum absolute atomic E-state index is 11.8. The fourth-order valence-electron chi connectivity index (χ4n) is 1.58. The van der Waals surface area contributed by atoms with Crippen molar-refractivity contribution in [2.75, 3.05) is 6.54 Å². The first-order valence-electron chi connectivity index (χ1n) is 5.88. The summed E-state index contributed by atoms with van der Waals surface area (Å²) in [4.78, 5) is 26.8. The Morgan fingerprint density at radius 3 is 2.67 bits per heavy atom. The maximum Gasteiger partial charge on any atom is 0.245 e. The van der Waals surface area contributed by atoms with Crippen LogP contribution in [0.3, 0.4) is 0 Å². The Bertz CT molecular complexity index is 416.